The lowest BCUT2D eigenvalue weighted by Crippen LogP contribution is -2.63. The van der Waals surface area contributed by atoms with Gasteiger partial charge >= 0.3 is 0 Å². The number of rotatable bonds is 27. The van der Waals surface area contributed by atoms with E-state index in [1.807, 2.05) is 0 Å². The molecule has 0 radical (unpaired) electrons. The van der Waals surface area contributed by atoms with Gasteiger partial charge in [0.05, 0.1) is 43.9 Å². The molecule has 88 heavy (non-hydrogen) atoms. The average Bonchev–Trinajstić information content (AvgIpc) is 2.35. The quantitative estimate of drug-likeness (QED) is 0.00986. The van der Waals surface area contributed by atoms with Crippen molar-refractivity contribution in [2.45, 2.75) is 138 Å². The van der Waals surface area contributed by atoms with Gasteiger partial charge in [0.25, 0.3) is 0 Å². The van der Waals surface area contributed by atoms with Crippen molar-refractivity contribution in [3.05, 3.63) is 59.7 Å². The van der Waals surface area contributed by atoms with Gasteiger partial charge in [-0.25, -0.2) is 10.9 Å². The Kier molecular flexibility index (Phi) is 30.7. The number of aldehydes is 1. The highest BCUT2D eigenvalue weighted by atomic mass is 32.1. The number of aromatic hydroxyl groups is 2. The maximum absolute atomic E-state index is 14.9. The fourth-order valence-corrected chi connectivity index (χ4v) is 8.61. The summed E-state index contributed by atoms with van der Waals surface area (Å²) >= 11 is 4.17. The van der Waals surface area contributed by atoms with Crippen LogP contribution in [-0.2, 0) is 70.4 Å². The van der Waals surface area contributed by atoms with Gasteiger partial charge in [-0.15, -0.1) is 0 Å². The van der Waals surface area contributed by atoms with Crippen molar-refractivity contribution in [1.82, 2.24) is 58.7 Å². The van der Waals surface area contributed by atoms with Crippen LogP contribution < -0.4 is 81.6 Å². The van der Waals surface area contributed by atoms with Gasteiger partial charge in [-0.1, -0.05) is 24.3 Å². The summed E-state index contributed by atoms with van der Waals surface area (Å²) in [4.78, 5) is 172. The van der Waals surface area contributed by atoms with Gasteiger partial charge in [-0.05, 0) is 81.8 Å². The monoisotopic (exact) mass is 1260 g/mol. The number of thiol groups is 1. The summed E-state index contributed by atoms with van der Waals surface area (Å²) in [5, 5.41) is 73.4. The summed E-state index contributed by atoms with van der Waals surface area (Å²) in [5.41, 5.74) is 27.6. The molecule has 9 amide bonds. The van der Waals surface area contributed by atoms with Crippen LogP contribution in [0.15, 0.2) is 58.5 Å². The SMILES string of the molecule is C[C@@H](O)[C@@H]1NC(=O)C(CS)NC(=O)C[C@@H](C(=O)N[C@@H](Cc2ccc(O)cc2)C(=O)NC(Cc2ccc(O)cc2)C(=O)N[C@@H](CCCN=C(N)N)C(=O)NCC(=O)NCC=O)NN[C@@H](CCCN=C(N)N)C(=O)C(=O)[C@H]([C@@H](C)O)NC(=O)[C@H]([C@@H](C)O)NC1=O. The number of nitrogens with two attached hydrogens (primary N) is 4. The van der Waals surface area contributed by atoms with Gasteiger partial charge in [-0.3, -0.25) is 62.7 Å². The van der Waals surface area contributed by atoms with Crippen LogP contribution in [-0.4, -0.2) is 213 Å². The molecule has 1 saturated heterocycles. The Morgan fingerprint density at radius 2 is 1.09 bits per heavy atom. The fraction of sp³-hybridized carbons (Fsp3) is 0.509. The van der Waals surface area contributed by atoms with E-state index in [0.29, 0.717) is 11.8 Å². The number of hydrazine groups is 1. The van der Waals surface area contributed by atoms with E-state index < -0.39 is 163 Å². The third-order valence-corrected chi connectivity index (χ3v) is 13.4. The zero-order valence-electron chi connectivity index (χ0n) is 48.4. The Labute approximate surface area is 510 Å². The molecule has 1 aliphatic rings. The molecule has 1 aliphatic heterocycles. The van der Waals surface area contributed by atoms with E-state index in [-0.39, 0.29) is 80.7 Å². The van der Waals surface area contributed by atoms with Crippen molar-refractivity contribution in [3.63, 3.8) is 0 Å². The Hall–Kier alpha value is -9.03. The minimum absolute atomic E-state index is 0.0136. The van der Waals surface area contributed by atoms with E-state index in [1.54, 1.807) is 0 Å². The third-order valence-electron chi connectivity index (χ3n) is 13.1. The van der Waals surface area contributed by atoms with Crippen LogP contribution in [0.4, 0.5) is 0 Å². The van der Waals surface area contributed by atoms with Crippen LogP contribution in [0.3, 0.4) is 0 Å². The Morgan fingerprint density at radius 3 is 1.58 bits per heavy atom. The summed E-state index contributed by atoms with van der Waals surface area (Å²) in [6.45, 7) is 2.05. The molecular weight excluding hydrogens is 1180 g/mol. The minimum atomic E-state index is -2.08. The molecule has 484 valence electrons. The molecule has 2 aromatic carbocycles. The topological polar surface area (TPSA) is 567 Å². The number of benzene rings is 2. The summed E-state index contributed by atoms with van der Waals surface area (Å²) in [7, 11) is 0. The van der Waals surface area contributed by atoms with Crippen molar-refractivity contribution in [2.75, 3.05) is 31.9 Å². The van der Waals surface area contributed by atoms with Crippen molar-refractivity contribution in [2.24, 2.45) is 32.9 Å². The van der Waals surface area contributed by atoms with Crippen LogP contribution in [0.25, 0.3) is 0 Å². The molecule has 0 saturated carbocycles. The normalized spacial score (nSPS) is 20.9. The highest BCUT2D eigenvalue weighted by Gasteiger charge is 2.40. The molecule has 1 heterocycles. The molecule has 12 atom stereocenters. The molecule has 3 rings (SSSR count). The van der Waals surface area contributed by atoms with Gasteiger partial charge in [0.1, 0.15) is 66.1 Å². The lowest BCUT2D eigenvalue weighted by molar-refractivity contribution is -0.143. The molecule has 2 unspecified atom stereocenters. The zero-order valence-corrected chi connectivity index (χ0v) is 49.3. The van der Waals surface area contributed by atoms with Gasteiger partial charge in [-0.2, -0.15) is 12.6 Å². The number of guanidine groups is 2. The smallest absolute Gasteiger partial charge is 0.245 e. The third kappa shape index (κ3) is 25.1. The minimum Gasteiger partial charge on any atom is -0.508 e. The van der Waals surface area contributed by atoms with E-state index >= 15 is 0 Å². The fourth-order valence-electron chi connectivity index (χ4n) is 8.35. The summed E-state index contributed by atoms with van der Waals surface area (Å²) in [6, 6.07) is -5.34. The number of phenols is 2. The number of Topliss-reactive ketones (excluding diaryl/α,β-unsaturated/α-hetero) is 2. The lowest BCUT2D eigenvalue weighted by Gasteiger charge is -2.29. The number of aliphatic imine (C=N–C) groups is 2. The lowest BCUT2D eigenvalue weighted by atomic mass is 9.96. The van der Waals surface area contributed by atoms with Gasteiger partial charge < -0.3 is 101 Å². The second kappa shape index (κ2) is 36.8. The largest absolute Gasteiger partial charge is 0.508 e. The number of phenolic OH excluding ortho intramolecular Hbond substituents is 2. The second-order valence-corrected chi connectivity index (χ2v) is 20.7. The Morgan fingerprint density at radius 1 is 0.614 bits per heavy atom. The van der Waals surface area contributed by atoms with E-state index in [2.05, 4.69) is 81.3 Å². The predicted molar refractivity (Wildman–Crippen MR) is 316 cm³/mol. The number of nitrogens with zero attached hydrogens (tertiary/aromatic N) is 2. The van der Waals surface area contributed by atoms with Crippen molar-refractivity contribution in [3.8, 4) is 11.5 Å². The maximum atomic E-state index is 14.9. The molecule has 0 aliphatic carbocycles. The number of ketones is 2. The van der Waals surface area contributed by atoms with Gasteiger partial charge in [0.15, 0.2) is 11.9 Å². The molecule has 24 N–H and O–H groups in total. The Balaban J connectivity index is 2.22. The van der Waals surface area contributed by atoms with E-state index in [9.17, 15) is 83.1 Å². The number of nitrogens with one attached hydrogen (secondary N) is 11. The van der Waals surface area contributed by atoms with E-state index in [1.165, 1.54) is 48.5 Å². The molecule has 35 heteroatoms. The van der Waals surface area contributed by atoms with Crippen molar-refractivity contribution < 1.29 is 83.1 Å². The number of aliphatic hydroxyl groups excluding tert-OH is 3. The predicted octanol–water partition coefficient (Wildman–Crippen LogP) is -8.74. The van der Waals surface area contributed by atoms with Crippen LogP contribution >= 0.6 is 12.6 Å². The zero-order chi connectivity index (χ0) is 65.8. The highest BCUT2D eigenvalue weighted by Crippen LogP contribution is 2.16. The maximum Gasteiger partial charge on any atom is 0.245 e. The Bertz CT molecular complexity index is 2820. The van der Waals surface area contributed by atoms with Gasteiger partial charge in [0, 0.05) is 31.7 Å². The number of hydrogen-bond acceptors (Lipinski definition) is 22. The van der Waals surface area contributed by atoms with E-state index in [4.69, 9.17) is 22.9 Å². The number of amides is 9. The molecule has 2 aromatic rings. The number of carbonyl (C=O) groups excluding carboxylic acids is 12. The van der Waals surface area contributed by atoms with Crippen molar-refractivity contribution >= 4 is 95.6 Å². The summed E-state index contributed by atoms with van der Waals surface area (Å²) in [5.74, 6) is -14.1. The first-order valence-corrected chi connectivity index (χ1v) is 28.2. The first-order valence-electron chi connectivity index (χ1n) is 27.6. The molecule has 0 aromatic heterocycles. The second-order valence-electron chi connectivity index (χ2n) is 20.3. The van der Waals surface area contributed by atoms with Crippen LogP contribution in [0, 0.1) is 0 Å². The number of aliphatic hydroxyl groups is 3. The summed E-state index contributed by atoms with van der Waals surface area (Å²) in [6.07, 6.45) is -7.13. The highest BCUT2D eigenvalue weighted by molar-refractivity contribution is 7.80. The molecule has 1 fully saturated rings. The molecule has 0 spiro atoms. The average molecular weight is 1260 g/mol. The number of carbonyl (C=O) groups is 12. The standard InChI is InChI=1S/C53H79N17O17S/c1-25(72)40-44(80)43(79)32(6-4-16-59-52(54)55)69-70-36(22-38(77)62-37(24-88)49(85)67-41(26(2)73)51(87)68-42(27(3)74)50(86)66-40)48(84)65-35(21-29-10-14-31(76)15-11-29)47(83)64-34(20-28-8-12-30(75)13-9-28)46(82)63-33(7-5-17-60-53(56)57)45(81)61-23-39(78)58-18-19-71/h8-15,19,25-27,32-37,40-42,69-70,72-76,88H,4-7,16-18,20-24H2,1-3H3,(H,58,78)(H,61,81)(H,62,77)(H,63,82)(H,64,83)(H,65,84)(H,66,86)(H,67,85)(H,68,87)(H4,54,55,59)(H4,56,57,60)/t25-,26-,27-,32+,33+,34?,35+,36+,37?,40+,41+,42+/m1/s1. The van der Waals surface area contributed by atoms with Crippen LogP contribution in [0.5, 0.6) is 11.5 Å². The first kappa shape index (κ1) is 73.2. The molecule has 0 bridgehead atoms. The summed E-state index contributed by atoms with van der Waals surface area (Å²) < 4.78 is 0. The van der Waals surface area contributed by atoms with Crippen LogP contribution in [0.2, 0.25) is 0 Å². The molecule has 34 nitrogen and oxygen atoms in total. The number of hydrogen-bond donors (Lipinski definition) is 21. The first-order chi connectivity index (χ1) is 41.5. The molecular formula is C53H79N17O17S. The van der Waals surface area contributed by atoms with E-state index in [0.717, 1.165) is 20.8 Å². The van der Waals surface area contributed by atoms with Crippen molar-refractivity contribution in [1.29, 1.82) is 0 Å². The van der Waals surface area contributed by atoms with Crippen LogP contribution in [0.1, 0.15) is 64.0 Å². The van der Waals surface area contributed by atoms with Gasteiger partial charge in [0.2, 0.25) is 64.7 Å².